The van der Waals surface area contributed by atoms with E-state index in [2.05, 4.69) is 38.0 Å². The van der Waals surface area contributed by atoms with Gasteiger partial charge in [0.1, 0.15) is 0 Å². The molecule has 0 spiro atoms. The van der Waals surface area contributed by atoms with Crippen molar-refractivity contribution >= 4 is 28.7 Å². The molecule has 146 valence electrons. The van der Waals surface area contributed by atoms with Crippen LogP contribution in [-0.2, 0) is 13.0 Å². The first kappa shape index (κ1) is 19.9. The summed E-state index contributed by atoms with van der Waals surface area (Å²) in [6.07, 6.45) is 1.76. The van der Waals surface area contributed by atoms with Crippen LogP contribution in [0, 0.1) is 6.92 Å². The zero-order chi connectivity index (χ0) is 19.8. The molecule has 2 amide bonds. The van der Waals surface area contributed by atoms with Gasteiger partial charge in [-0.15, -0.1) is 11.3 Å². The molecule has 2 aromatic carbocycles. The second-order valence-corrected chi connectivity index (χ2v) is 7.67. The van der Waals surface area contributed by atoms with E-state index in [1.165, 1.54) is 5.56 Å². The number of aryl methyl sites for hydroxylation is 2. The average Bonchev–Trinajstić information content (AvgIpc) is 3.11. The molecule has 5 nitrogen and oxygen atoms in total. The van der Waals surface area contributed by atoms with Crippen molar-refractivity contribution in [3.63, 3.8) is 0 Å². The summed E-state index contributed by atoms with van der Waals surface area (Å²) >= 11 is 1.67. The van der Waals surface area contributed by atoms with Crippen molar-refractivity contribution in [2.75, 3.05) is 23.8 Å². The van der Waals surface area contributed by atoms with E-state index in [4.69, 9.17) is 0 Å². The lowest BCUT2D eigenvalue weighted by Gasteiger charge is -2.23. The van der Waals surface area contributed by atoms with Gasteiger partial charge in [0.15, 0.2) is 0 Å². The highest BCUT2D eigenvalue weighted by molar-refractivity contribution is 7.09. The van der Waals surface area contributed by atoms with Gasteiger partial charge >= 0.3 is 6.03 Å². The number of carbonyl (C=O) groups is 1. The molecule has 0 aliphatic heterocycles. The molecule has 0 unspecified atom stereocenters. The summed E-state index contributed by atoms with van der Waals surface area (Å²) in [6, 6.07) is 18.0. The third kappa shape index (κ3) is 5.82. The van der Waals surface area contributed by atoms with Gasteiger partial charge in [-0.3, -0.25) is 0 Å². The van der Waals surface area contributed by atoms with Gasteiger partial charge in [0.2, 0.25) is 0 Å². The SMILES string of the molecule is Cc1csc(CCCNC(=O)Nc2ccccc2N(C)Cc2ccccc2)n1. The fourth-order valence-electron chi connectivity index (χ4n) is 2.98. The average molecular weight is 395 g/mol. The second kappa shape index (κ2) is 9.90. The minimum Gasteiger partial charge on any atom is -0.369 e. The molecule has 0 aliphatic carbocycles. The van der Waals surface area contributed by atoms with Gasteiger partial charge in [0.05, 0.1) is 16.4 Å². The van der Waals surface area contributed by atoms with Crippen LogP contribution in [-0.4, -0.2) is 24.6 Å². The molecule has 28 heavy (non-hydrogen) atoms. The summed E-state index contributed by atoms with van der Waals surface area (Å²) in [4.78, 5) is 18.9. The number of urea groups is 1. The van der Waals surface area contributed by atoms with Crippen molar-refractivity contribution in [3.8, 4) is 0 Å². The van der Waals surface area contributed by atoms with E-state index in [-0.39, 0.29) is 6.03 Å². The van der Waals surface area contributed by atoms with E-state index < -0.39 is 0 Å². The smallest absolute Gasteiger partial charge is 0.319 e. The zero-order valence-electron chi connectivity index (χ0n) is 16.3. The van der Waals surface area contributed by atoms with E-state index in [0.29, 0.717) is 6.54 Å². The number of thiazole rings is 1. The molecule has 6 heteroatoms. The quantitative estimate of drug-likeness (QED) is 0.537. The normalized spacial score (nSPS) is 10.5. The predicted octanol–water partition coefficient (Wildman–Crippen LogP) is 4.84. The van der Waals surface area contributed by atoms with Crippen LogP contribution in [0.3, 0.4) is 0 Å². The highest BCUT2D eigenvalue weighted by Crippen LogP contribution is 2.25. The molecule has 0 saturated carbocycles. The number of para-hydroxylation sites is 2. The van der Waals surface area contributed by atoms with Crippen LogP contribution in [0.4, 0.5) is 16.2 Å². The number of nitrogens with one attached hydrogen (secondary N) is 2. The standard InChI is InChI=1S/C22H26N4OS/c1-17-16-28-21(24-17)13-8-14-23-22(27)25-19-11-6-7-12-20(19)26(2)15-18-9-4-3-5-10-18/h3-7,9-12,16H,8,13-15H2,1-2H3,(H2,23,25,27). The Labute approximate surface area is 170 Å². The summed E-state index contributed by atoms with van der Waals surface area (Å²) in [5, 5.41) is 9.08. The first-order valence-corrected chi connectivity index (χ1v) is 10.3. The van der Waals surface area contributed by atoms with Gasteiger partial charge in [0.25, 0.3) is 0 Å². The zero-order valence-corrected chi connectivity index (χ0v) is 17.1. The second-order valence-electron chi connectivity index (χ2n) is 6.73. The molecule has 1 heterocycles. The third-order valence-electron chi connectivity index (χ3n) is 4.35. The highest BCUT2D eigenvalue weighted by atomic mass is 32.1. The Kier molecular flexibility index (Phi) is 7.03. The molecule has 0 aliphatic rings. The van der Waals surface area contributed by atoms with E-state index in [1.807, 2.05) is 56.4 Å². The number of carbonyl (C=O) groups excluding carboxylic acids is 1. The number of hydrogen-bond acceptors (Lipinski definition) is 4. The Hall–Kier alpha value is -2.86. The maximum Gasteiger partial charge on any atom is 0.319 e. The van der Waals surface area contributed by atoms with Crippen molar-refractivity contribution in [3.05, 3.63) is 76.2 Å². The van der Waals surface area contributed by atoms with Crippen molar-refractivity contribution in [2.24, 2.45) is 0 Å². The summed E-state index contributed by atoms with van der Waals surface area (Å²) in [5.74, 6) is 0. The largest absolute Gasteiger partial charge is 0.369 e. The molecule has 0 bridgehead atoms. The summed E-state index contributed by atoms with van der Waals surface area (Å²) in [5.41, 5.74) is 4.07. The monoisotopic (exact) mass is 394 g/mol. The van der Waals surface area contributed by atoms with Gasteiger partial charge in [0, 0.05) is 37.6 Å². The van der Waals surface area contributed by atoms with E-state index in [9.17, 15) is 4.79 Å². The Balaban J connectivity index is 1.51. The van der Waals surface area contributed by atoms with E-state index in [1.54, 1.807) is 11.3 Å². The molecule has 2 N–H and O–H groups in total. The number of hydrogen-bond donors (Lipinski definition) is 2. The highest BCUT2D eigenvalue weighted by Gasteiger charge is 2.10. The summed E-state index contributed by atoms with van der Waals surface area (Å²) in [6.45, 7) is 3.39. The Morgan fingerprint density at radius 3 is 2.61 bits per heavy atom. The Bertz CT molecular complexity index is 894. The lowest BCUT2D eigenvalue weighted by atomic mass is 10.2. The number of amides is 2. The van der Waals surface area contributed by atoms with Crippen molar-refractivity contribution in [1.29, 1.82) is 0 Å². The van der Waals surface area contributed by atoms with Gasteiger partial charge in [-0.2, -0.15) is 0 Å². The lowest BCUT2D eigenvalue weighted by molar-refractivity contribution is 0.252. The van der Waals surface area contributed by atoms with E-state index >= 15 is 0 Å². The number of nitrogens with zero attached hydrogens (tertiary/aromatic N) is 2. The minimum atomic E-state index is -0.184. The Morgan fingerprint density at radius 1 is 1.11 bits per heavy atom. The number of benzene rings is 2. The molecular formula is C22H26N4OS. The summed E-state index contributed by atoms with van der Waals surface area (Å²) < 4.78 is 0. The molecule has 1 aromatic heterocycles. The maximum absolute atomic E-state index is 12.3. The van der Waals surface area contributed by atoms with Crippen LogP contribution < -0.4 is 15.5 Å². The number of anilines is 2. The van der Waals surface area contributed by atoms with Crippen LogP contribution in [0.25, 0.3) is 0 Å². The predicted molar refractivity (Wildman–Crippen MR) is 117 cm³/mol. The van der Waals surface area contributed by atoms with Gasteiger partial charge < -0.3 is 15.5 Å². The number of rotatable bonds is 8. The molecule has 3 aromatic rings. The topological polar surface area (TPSA) is 57.3 Å². The summed E-state index contributed by atoms with van der Waals surface area (Å²) in [7, 11) is 2.03. The fourth-order valence-corrected chi connectivity index (χ4v) is 3.80. The molecule has 3 rings (SSSR count). The molecule has 0 fully saturated rings. The molecule has 0 atom stereocenters. The van der Waals surface area contributed by atoms with Crippen LogP contribution in [0.15, 0.2) is 60.0 Å². The maximum atomic E-state index is 12.3. The Morgan fingerprint density at radius 2 is 1.86 bits per heavy atom. The van der Waals surface area contributed by atoms with Crippen molar-refractivity contribution in [1.82, 2.24) is 10.3 Å². The van der Waals surface area contributed by atoms with Gasteiger partial charge in [-0.25, -0.2) is 9.78 Å². The minimum absolute atomic E-state index is 0.184. The molecule has 0 radical (unpaired) electrons. The van der Waals surface area contributed by atoms with Crippen molar-refractivity contribution < 1.29 is 4.79 Å². The van der Waals surface area contributed by atoms with Gasteiger partial charge in [-0.1, -0.05) is 42.5 Å². The van der Waals surface area contributed by atoms with E-state index in [0.717, 1.165) is 41.5 Å². The van der Waals surface area contributed by atoms with Crippen molar-refractivity contribution in [2.45, 2.75) is 26.3 Å². The first-order valence-electron chi connectivity index (χ1n) is 9.42. The van der Waals surface area contributed by atoms with Gasteiger partial charge in [-0.05, 0) is 31.0 Å². The van der Waals surface area contributed by atoms with Crippen LogP contribution in [0.5, 0.6) is 0 Å². The first-order chi connectivity index (χ1) is 13.6. The lowest BCUT2D eigenvalue weighted by Crippen LogP contribution is -2.30. The van der Waals surface area contributed by atoms with Crippen LogP contribution >= 0.6 is 11.3 Å². The third-order valence-corrected chi connectivity index (χ3v) is 5.37. The van der Waals surface area contributed by atoms with Crippen LogP contribution in [0.2, 0.25) is 0 Å². The fraction of sp³-hybridized carbons (Fsp3) is 0.273. The molecule has 0 saturated heterocycles. The molecular weight excluding hydrogens is 368 g/mol. The van der Waals surface area contributed by atoms with Crippen LogP contribution in [0.1, 0.15) is 22.7 Å². The number of aromatic nitrogens is 1.